The fraction of sp³-hybridized carbons (Fsp3) is 0.632. The van der Waals surface area contributed by atoms with Gasteiger partial charge in [0.25, 0.3) is 0 Å². The maximum absolute atomic E-state index is 11.8. The Bertz CT molecular complexity index is 470. The van der Waals surface area contributed by atoms with Crippen LogP contribution in [-0.4, -0.2) is 43.6 Å². The molecule has 1 saturated heterocycles. The van der Waals surface area contributed by atoms with E-state index >= 15 is 0 Å². The molecule has 0 radical (unpaired) electrons. The van der Waals surface area contributed by atoms with Crippen LogP contribution in [0.2, 0.25) is 0 Å². The van der Waals surface area contributed by atoms with Gasteiger partial charge in [-0.3, -0.25) is 4.79 Å². The van der Waals surface area contributed by atoms with Crippen molar-refractivity contribution in [1.29, 1.82) is 0 Å². The molecule has 0 saturated carbocycles. The zero-order chi connectivity index (χ0) is 16.3. The quantitative estimate of drug-likeness (QED) is 0.711. The second kappa shape index (κ2) is 10.3. The topological polar surface area (TPSA) is 41.6 Å². The number of carbonyl (C=O) groups excluding carboxylic acids is 1. The number of nitrogens with one attached hydrogen (secondary N) is 1. The highest BCUT2D eigenvalue weighted by molar-refractivity contribution is 5.75. The van der Waals surface area contributed by atoms with Gasteiger partial charge in [-0.1, -0.05) is 18.6 Å². The fourth-order valence-electron chi connectivity index (χ4n) is 2.93. The van der Waals surface area contributed by atoms with Gasteiger partial charge < -0.3 is 15.0 Å². The summed E-state index contributed by atoms with van der Waals surface area (Å²) in [4.78, 5) is 14.3. The fourth-order valence-corrected chi connectivity index (χ4v) is 2.93. The first-order valence-corrected chi connectivity index (χ1v) is 8.92. The van der Waals surface area contributed by atoms with E-state index < -0.39 is 0 Å². The molecule has 0 bridgehead atoms. The SMILES string of the molecule is Cc1cccc(OCCCC(=O)NCCCN2CCCCC2)c1. The predicted octanol–water partition coefficient (Wildman–Crippen LogP) is 3.15. The van der Waals surface area contributed by atoms with Crippen LogP contribution in [0.5, 0.6) is 5.75 Å². The molecule has 1 amide bonds. The lowest BCUT2D eigenvalue weighted by molar-refractivity contribution is -0.121. The number of hydrogen-bond donors (Lipinski definition) is 1. The number of nitrogens with zero attached hydrogens (tertiary/aromatic N) is 1. The molecule has 0 spiro atoms. The van der Waals surface area contributed by atoms with E-state index in [-0.39, 0.29) is 5.91 Å². The zero-order valence-corrected chi connectivity index (χ0v) is 14.4. The summed E-state index contributed by atoms with van der Waals surface area (Å²) in [5.74, 6) is 1.02. The van der Waals surface area contributed by atoms with E-state index in [9.17, 15) is 4.79 Å². The number of rotatable bonds is 9. The van der Waals surface area contributed by atoms with Crippen LogP contribution in [0.1, 0.15) is 44.1 Å². The number of ether oxygens (including phenoxy) is 1. The van der Waals surface area contributed by atoms with Crippen molar-refractivity contribution in [1.82, 2.24) is 10.2 Å². The largest absolute Gasteiger partial charge is 0.494 e. The second-order valence-corrected chi connectivity index (χ2v) is 6.37. The van der Waals surface area contributed by atoms with Crippen molar-refractivity contribution in [2.24, 2.45) is 0 Å². The molecule has 1 N–H and O–H groups in total. The third kappa shape index (κ3) is 7.51. The van der Waals surface area contributed by atoms with Gasteiger partial charge >= 0.3 is 0 Å². The maximum Gasteiger partial charge on any atom is 0.220 e. The smallest absolute Gasteiger partial charge is 0.220 e. The summed E-state index contributed by atoms with van der Waals surface area (Å²) in [7, 11) is 0. The molecule has 1 aliphatic heterocycles. The Morgan fingerprint density at radius 2 is 2.04 bits per heavy atom. The molecule has 0 atom stereocenters. The normalized spacial score (nSPS) is 15.3. The standard InChI is InChI=1S/C19H30N2O2/c1-17-8-5-9-18(16-17)23-15-6-10-19(22)20-11-7-14-21-12-3-2-4-13-21/h5,8-9,16H,2-4,6-7,10-15H2,1H3,(H,20,22). The molecular weight excluding hydrogens is 288 g/mol. The third-order valence-electron chi connectivity index (χ3n) is 4.23. The van der Waals surface area contributed by atoms with Gasteiger partial charge in [-0.05, 0) is 69.9 Å². The molecule has 4 heteroatoms. The number of amides is 1. The van der Waals surface area contributed by atoms with Gasteiger partial charge in [-0.25, -0.2) is 0 Å². The van der Waals surface area contributed by atoms with Crippen LogP contribution in [0.4, 0.5) is 0 Å². The molecule has 0 aliphatic carbocycles. The first-order valence-electron chi connectivity index (χ1n) is 8.92. The van der Waals surface area contributed by atoms with Gasteiger partial charge in [0, 0.05) is 13.0 Å². The van der Waals surface area contributed by atoms with Crippen molar-refractivity contribution in [3.63, 3.8) is 0 Å². The highest BCUT2D eigenvalue weighted by Crippen LogP contribution is 2.12. The van der Waals surface area contributed by atoms with Gasteiger partial charge in [-0.15, -0.1) is 0 Å². The van der Waals surface area contributed by atoms with E-state index in [2.05, 4.69) is 10.2 Å². The van der Waals surface area contributed by atoms with Crippen LogP contribution < -0.4 is 10.1 Å². The Hall–Kier alpha value is -1.55. The molecule has 4 nitrogen and oxygen atoms in total. The first-order chi connectivity index (χ1) is 11.2. The van der Waals surface area contributed by atoms with Crippen molar-refractivity contribution in [2.45, 2.75) is 45.4 Å². The van der Waals surface area contributed by atoms with Crippen LogP contribution in [-0.2, 0) is 4.79 Å². The van der Waals surface area contributed by atoms with Gasteiger partial charge in [-0.2, -0.15) is 0 Å². The summed E-state index contributed by atoms with van der Waals surface area (Å²) >= 11 is 0. The maximum atomic E-state index is 11.8. The average molecular weight is 318 g/mol. The molecular formula is C19H30N2O2. The van der Waals surface area contributed by atoms with Crippen LogP contribution >= 0.6 is 0 Å². The van der Waals surface area contributed by atoms with Gasteiger partial charge in [0.1, 0.15) is 5.75 Å². The number of likely N-dealkylation sites (tertiary alicyclic amines) is 1. The highest BCUT2D eigenvalue weighted by atomic mass is 16.5. The molecule has 1 heterocycles. The summed E-state index contributed by atoms with van der Waals surface area (Å²) in [6.45, 7) is 6.98. The number of aryl methyl sites for hydroxylation is 1. The van der Waals surface area contributed by atoms with Gasteiger partial charge in [0.15, 0.2) is 0 Å². The van der Waals surface area contributed by atoms with Crippen LogP contribution in [0.15, 0.2) is 24.3 Å². The van der Waals surface area contributed by atoms with Crippen LogP contribution in [0, 0.1) is 6.92 Å². The number of carbonyl (C=O) groups is 1. The minimum atomic E-state index is 0.136. The lowest BCUT2D eigenvalue weighted by Crippen LogP contribution is -2.33. The summed E-state index contributed by atoms with van der Waals surface area (Å²) in [5, 5.41) is 3.01. The van der Waals surface area contributed by atoms with Crippen LogP contribution in [0.25, 0.3) is 0 Å². The summed E-state index contributed by atoms with van der Waals surface area (Å²) < 4.78 is 5.66. The molecule has 23 heavy (non-hydrogen) atoms. The summed E-state index contributed by atoms with van der Waals surface area (Å²) in [6.07, 6.45) is 6.37. The van der Waals surface area contributed by atoms with Crippen LogP contribution in [0.3, 0.4) is 0 Å². The van der Waals surface area contributed by atoms with Crippen molar-refractivity contribution in [3.8, 4) is 5.75 Å². The van der Waals surface area contributed by atoms with E-state index in [1.807, 2.05) is 31.2 Å². The average Bonchev–Trinajstić information content (AvgIpc) is 2.57. The summed E-state index contributed by atoms with van der Waals surface area (Å²) in [5.41, 5.74) is 1.19. The predicted molar refractivity (Wildman–Crippen MR) is 93.8 cm³/mol. The van der Waals surface area contributed by atoms with E-state index in [0.717, 1.165) is 31.7 Å². The lowest BCUT2D eigenvalue weighted by atomic mass is 10.1. The summed E-state index contributed by atoms with van der Waals surface area (Å²) in [6, 6.07) is 8.00. The molecule has 2 rings (SSSR count). The lowest BCUT2D eigenvalue weighted by Gasteiger charge is -2.26. The molecule has 0 unspecified atom stereocenters. The molecule has 1 aromatic rings. The van der Waals surface area contributed by atoms with Crippen molar-refractivity contribution in [3.05, 3.63) is 29.8 Å². The van der Waals surface area contributed by atoms with E-state index in [1.165, 1.54) is 37.9 Å². The van der Waals surface area contributed by atoms with Gasteiger partial charge in [0.2, 0.25) is 5.91 Å². The Morgan fingerprint density at radius 3 is 2.83 bits per heavy atom. The number of piperidine rings is 1. The Balaban J connectivity index is 1.46. The monoisotopic (exact) mass is 318 g/mol. The van der Waals surface area contributed by atoms with Crippen molar-refractivity contribution >= 4 is 5.91 Å². The zero-order valence-electron chi connectivity index (χ0n) is 14.4. The minimum absolute atomic E-state index is 0.136. The highest BCUT2D eigenvalue weighted by Gasteiger charge is 2.09. The molecule has 128 valence electrons. The van der Waals surface area contributed by atoms with E-state index in [1.54, 1.807) is 0 Å². The molecule has 0 aromatic heterocycles. The van der Waals surface area contributed by atoms with E-state index in [4.69, 9.17) is 4.74 Å². The van der Waals surface area contributed by atoms with Crippen molar-refractivity contribution < 1.29 is 9.53 Å². The van der Waals surface area contributed by atoms with Gasteiger partial charge in [0.05, 0.1) is 6.61 Å². The van der Waals surface area contributed by atoms with Crippen molar-refractivity contribution in [2.75, 3.05) is 32.8 Å². The molecule has 1 aromatic carbocycles. The Morgan fingerprint density at radius 1 is 1.22 bits per heavy atom. The first kappa shape index (κ1) is 17.8. The second-order valence-electron chi connectivity index (χ2n) is 6.37. The Kier molecular flexibility index (Phi) is 7.95. The Labute approximate surface area is 140 Å². The third-order valence-corrected chi connectivity index (χ3v) is 4.23. The minimum Gasteiger partial charge on any atom is -0.494 e. The number of benzene rings is 1. The molecule has 1 aliphatic rings. The molecule has 1 fully saturated rings. The van der Waals surface area contributed by atoms with E-state index in [0.29, 0.717) is 13.0 Å². The number of hydrogen-bond acceptors (Lipinski definition) is 3.